The molecule has 2 aromatic carbocycles. The number of aliphatic hydroxyl groups is 1. The fourth-order valence-electron chi connectivity index (χ4n) is 6.42. The number of ether oxygens (including phenoxy) is 2. The molecule has 4 N–H and O–H groups in total. The highest BCUT2D eigenvalue weighted by Gasteiger charge is 2.55. The molecule has 256 valence electrons. The first kappa shape index (κ1) is 32.7. The lowest BCUT2D eigenvalue weighted by atomic mass is 9.98. The number of fused-ring (bicyclic) bond motifs is 2. The van der Waals surface area contributed by atoms with Crippen molar-refractivity contribution in [3.05, 3.63) is 48.8 Å². The molecule has 14 nitrogen and oxygen atoms in total. The number of halogens is 1. The molecule has 4 heterocycles. The van der Waals surface area contributed by atoms with Crippen LogP contribution < -0.4 is 20.2 Å². The SMILES string of the molecule is C[C@H](NP(=O)(OC[C@H]1OC(n2cnc3c(N4CCC4)nc(N)nc32)[C@](C)(O)[C@@H]1F)Oc1cccc2ccccc12)C(=O)OC1CCCC1. The molecule has 0 radical (unpaired) electrons. The number of alkyl halides is 1. The fraction of sp³-hybridized carbons (Fsp3) is 0.500. The van der Waals surface area contributed by atoms with Crippen molar-refractivity contribution in [2.75, 3.05) is 30.3 Å². The predicted octanol–water partition coefficient (Wildman–Crippen LogP) is 4.43. The molecular formula is C32H39FN7O7P. The lowest BCUT2D eigenvalue weighted by Crippen LogP contribution is -2.42. The van der Waals surface area contributed by atoms with E-state index in [9.17, 15) is 14.5 Å². The molecule has 2 saturated heterocycles. The number of hydrogen-bond donors (Lipinski definition) is 3. The number of aromatic nitrogens is 4. The van der Waals surface area contributed by atoms with Crippen LogP contribution >= 0.6 is 7.75 Å². The number of nitrogens with two attached hydrogens (primary N) is 1. The van der Waals surface area contributed by atoms with Gasteiger partial charge in [0.15, 0.2) is 29.4 Å². The van der Waals surface area contributed by atoms with Crippen LogP contribution in [0.2, 0.25) is 0 Å². The second kappa shape index (κ2) is 12.9. The topological polar surface area (TPSA) is 176 Å². The Bertz CT molecular complexity index is 1860. The van der Waals surface area contributed by atoms with E-state index in [0.717, 1.165) is 50.6 Å². The highest BCUT2D eigenvalue weighted by atomic mass is 31.2. The van der Waals surface area contributed by atoms with Crippen LogP contribution in [0.15, 0.2) is 48.8 Å². The number of nitrogens with zero attached hydrogens (tertiary/aromatic N) is 5. The van der Waals surface area contributed by atoms with Gasteiger partial charge >= 0.3 is 13.7 Å². The van der Waals surface area contributed by atoms with Crippen LogP contribution in [0.1, 0.15) is 52.2 Å². The summed E-state index contributed by atoms with van der Waals surface area (Å²) in [6, 6.07) is 11.5. The highest BCUT2D eigenvalue weighted by molar-refractivity contribution is 7.52. The van der Waals surface area contributed by atoms with Crippen LogP contribution in [-0.2, 0) is 23.4 Å². The van der Waals surface area contributed by atoms with Crippen LogP contribution in [0.25, 0.3) is 21.9 Å². The van der Waals surface area contributed by atoms with E-state index in [1.165, 1.54) is 24.7 Å². The standard InChI is InChI=1S/C32H39FN7O7P/c1-19(29(41)45-21-11-4-5-12-21)38-48(43,47-23-14-7-10-20-9-3-6-13-22(20)23)44-17-24-26(33)32(2,42)30(46-24)40-18-35-25-27(39-15-8-16-39)36-31(34)37-28(25)40/h3,6-7,9-10,13-14,18-19,21,24,26,30,42H,4-5,8,11-12,15-17H2,1-2H3,(H,38,43)(H2,34,36,37)/t19-,24+,26+,30?,32+,48?/m0/s1. The maximum atomic E-state index is 16.0. The number of anilines is 2. The minimum absolute atomic E-state index is 0.00125. The molecule has 7 rings (SSSR count). The maximum absolute atomic E-state index is 16.0. The van der Waals surface area contributed by atoms with Crippen LogP contribution in [0.5, 0.6) is 5.75 Å². The molecule has 3 aliphatic rings. The first-order valence-electron chi connectivity index (χ1n) is 16.2. The van der Waals surface area contributed by atoms with Gasteiger partial charge in [0.1, 0.15) is 29.6 Å². The summed E-state index contributed by atoms with van der Waals surface area (Å²) in [5.41, 5.74) is 4.65. The van der Waals surface area contributed by atoms with Gasteiger partial charge in [-0.3, -0.25) is 13.9 Å². The van der Waals surface area contributed by atoms with Crippen molar-refractivity contribution in [3.63, 3.8) is 0 Å². The maximum Gasteiger partial charge on any atom is 0.459 e. The van der Waals surface area contributed by atoms with Crippen molar-refractivity contribution < 1.29 is 37.4 Å². The first-order valence-corrected chi connectivity index (χ1v) is 17.7. The van der Waals surface area contributed by atoms with Gasteiger partial charge in [-0.05, 0) is 57.4 Å². The van der Waals surface area contributed by atoms with E-state index < -0.39 is 50.5 Å². The predicted molar refractivity (Wildman–Crippen MR) is 175 cm³/mol. The normalized spacial score (nSPS) is 26.4. The Hall–Kier alpha value is -3.88. The Morgan fingerprint density at radius 3 is 2.69 bits per heavy atom. The van der Waals surface area contributed by atoms with E-state index in [4.69, 9.17) is 24.3 Å². The summed E-state index contributed by atoms with van der Waals surface area (Å²) in [6.45, 7) is 3.76. The van der Waals surface area contributed by atoms with E-state index in [1.54, 1.807) is 18.2 Å². The van der Waals surface area contributed by atoms with Crippen molar-refractivity contribution in [2.45, 2.75) is 82.2 Å². The average Bonchev–Trinajstić information content (AvgIpc) is 3.74. The Balaban J connectivity index is 1.13. The van der Waals surface area contributed by atoms with Crippen molar-refractivity contribution >= 4 is 47.4 Å². The molecule has 3 fully saturated rings. The molecule has 1 aliphatic carbocycles. The van der Waals surface area contributed by atoms with Crippen LogP contribution in [0.3, 0.4) is 0 Å². The van der Waals surface area contributed by atoms with Gasteiger partial charge in [0.2, 0.25) is 5.95 Å². The third-order valence-corrected chi connectivity index (χ3v) is 10.8. The molecule has 2 aromatic heterocycles. The van der Waals surface area contributed by atoms with Gasteiger partial charge in [-0.2, -0.15) is 15.1 Å². The summed E-state index contributed by atoms with van der Waals surface area (Å²) in [5.74, 6) is 0.171. The molecule has 16 heteroatoms. The smallest absolute Gasteiger partial charge is 0.459 e. The van der Waals surface area contributed by atoms with Gasteiger partial charge in [-0.1, -0.05) is 36.4 Å². The van der Waals surface area contributed by atoms with E-state index in [1.807, 2.05) is 29.2 Å². The zero-order valence-electron chi connectivity index (χ0n) is 26.7. The number of imidazole rings is 1. The van der Waals surface area contributed by atoms with E-state index in [0.29, 0.717) is 16.7 Å². The third-order valence-electron chi connectivity index (χ3n) is 9.18. The second-order valence-corrected chi connectivity index (χ2v) is 14.5. The minimum atomic E-state index is -4.40. The third kappa shape index (κ3) is 6.21. The number of esters is 1. The lowest BCUT2D eigenvalue weighted by Gasteiger charge is -2.32. The number of rotatable bonds is 11. The zero-order valence-corrected chi connectivity index (χ0v) is 27.6. The van der Waals surface area contributed by atoms with E-state index >= 15 is 4.39 Å². The zero-order chi connectivity index (χ0) is 33.6. The van der Waals surface area contributed by atoms with E-state index in [2.05, 4.69) is 20.0 Å². The molecule has 2 aliphatic heterocycles. The molecule has 1 saturated carbocycles. The quantitative estimate of drug-likeness (QED) is 0.150. The Kier molecular flexibility index (Phi) is 8.75. The van der Waals surface area contributed by atoms with Gasteiger partial charge < -0.3 is 29.7 Å². The van der Waals surface area contributed by atoms with Gasteiger partial charge in [-0.25, -0.2) is 13.9 Å². The molecule has 4 aromatic rings. The number of nitrogen functional groups attached to an aromatic ring is 1. The summed E-state index contributed by atoms with van der Waals surface area (Å²) in [7, 11) is -4.40. The van der Waals surface area contributed by atoms with Crippen molar-refractivity contribution in [2.24, 2.45) is 0 Å². The lowest BCUT2D eigenvalue weighted by molar-refractivity contribution is -0.150. The molecule has 48 heavy (non-hydrogen) atoms. The number of nitrogens with one attached hydrogen (secondary N) is 1. The van der Waals surface area contributed by atoms with Crippen molar-refractivity contribution in [1.82, 2.24) is 24.6 Å². The molecular weight excluding hydrogens is 644 g/mol. The van der Waals surface area contributed by atoms with Crippen LogP contribution in [0.4, 0.5) is 16.2 Å². The monoisotopic (exact) mass is 683 g/mol. The molecule has 6 atom stereocenters. The Labute approximate surface area is 276 Å². The molecule has 2 unspecified atom stereocenters. The highest BCUT2D eigenvalue weighted by Crippen LogP contribution is 2.49. The second-order valence-electron chi connectivity index (χ2n) is 12.8. The molecule has 0 spiro atoms. The van der Waals surface area contributed by atoms with Crippen molar-refractivity contribution in [3.8, 4) is 5.75 Å². The number of carbonyl (C=O) groups excluding carboxylic acids is 1. The molecule has 0 amide bonds. The van der Waals surface area contributed by atoms with Crippen LogP contribution in [-0.4, -0.2) is 80.3 Å². The minimum Gasteiger partial charge on any atom is -0.461 e. The summed E-state index contributed by atoms with van der Waals surface area (Å²) < 4.78 is 55.3. The van der Waals surface area contributed by atoms with Crippen molar-refractivity contribution in [1.29, 1.82) is 0 Å². The van der Waals surface area contributed by atoms with Crippen LogP contribution in [0, 0.1) is 0 Å². The van der Waals surface area contributed by atoms with Gasteiger partial charge in [-0.15, -0.1) is 0 Å². The summed E-state index contributed by atoms with van der Waals surface area (Å²) in [6.07, 6.45) is 0.967. The number of carbonyl (C=O) groups is 1. The molecule has 0 bridgehead atoms. The fourth-order valence-corrected chi connectivity index (χ4v) is 7.94. The number of hydrogen-bond acceptors (Lipinski definition) is 12. The Morgan fingerprint density at radius 1 is 1.19 bits per heavy atom. The number of benzene rings is 2. The van der Waals surface area contributed by atoms with Gasteiger partial charge in [0.25, 0.3) is 0 Å². The largest absolute Gasteiger partial charge is 0.461 e. The first-order chi connectivity index (χ1) is 23.0. The Morgan fingerprint density at radius 2 is 1.94 bits per heavy atom. The van der Waals surface area contributed by atoms with Gasteiger partial charge in [0.05, 0.1) is 12.9 Å². The summed E-state index contributed by atoms with van der Waals surface area (Å²) >= 11 is 0. The summed E-state index contributed by atoms with van der Waals surface area (Å²) in [5, 5.41) is 15.6. The van der Waals surface area contributed by atoms with Gasteiger partial charge in [0, 0.05) is 18.5 Å². The van der Waals surface area contributed by atoms with E-state index in [-0.39, 0.29) is 23.4 Å². The average molecular weight is 684 g/mol. The summed E-state index contributed by atoms with van der Waals surface area (Å²) in [4.78, 5) is 28.1.